The second kappa shape index (κ2) is 13.9. The number of halogens is 2. The van der Waals surface area contributed by atoms with Crippen LogP contribution in [0.1, 0.15) is 22.4 Å². The fourth-order valence-electron chi connectivity index (χ4n) is 3.03. The summed E-state index contributed by atoms with van der Waals surface area (Å²) in [7, 11) is 1.73. The molecule has 5 nitrogen and oxygen atoms in total. The second-order valence-electron chi connectivity index (χ2n) is 6.88. The van der Waals surface area contributed by atoms with Gasteiger partial charge in [-0.3, -0.25) is 9.98 Å². The molecule has 0 radical (unpaired) electrons. The van der Waals surface area contributed by atoms with Crippen molar-refractivity contribution in [1.82, 2.24) is 15.6 Å². The molecule has 2 aromatic carbocycles. The summed E-state index contributed by atoms with van der Waals surface area (Å²) in [5, 5.41) is 6.61. The standard InChI is InChI=1S/C24H27FN4OS.HI/c1-26-24(29-15-19-9-10-21(25)13-20(19)17-31-2)28-14-18-6-5-8-23(12-18)30-16-22-7-3-4-11-27-22;/h3-13H,14-17H2,1-2H3,(H2,26,28,29);1H. The molecule has 0 saturated carbocycles. The summed E-state index contributed by atoms with van der Waals surface area (Å²) in [6, 6.07) is 18.6. The van der Waals surface area contributed by atoms with E-state index in [-0.39, 0.29) is 29.8 Å². The topological polar surface area (TPSA) is 58.5 Å². The molecule has 3 rings (SSSR count). The fourth-order valence-corrected chi connectivity index (χ4v) is 3.61. The Morgan fingerprint density at radius 1 is 1.03 bits per heavy atom. The molecular weight excluding hydrogens is 538 g/mol. The molecule has 0 amide bonds. The van der Waals surface area contributed by atoms with E-state index in [0.717, 1.165) is 33.9 Å². The van der Waals surface area contributed by atoms with Gasteiger partial charge in [-0.1, -0.05) is 24.3 Å². The molecule has 0 spiro atoms. The molecule has 0 fully saturated rings. The van der Waals surface area contributed by atoms with Crippen LogP contribution in [0.2, 0.25) is 0 Å². The number of hydrogen-bond donors (Lipinski definition) is 2. The van der Waals surface area contributed by atoms with Crippen LogP contribution in [0, 0.1) is 5.82 Å². The molecule has 0 aliphatic carbocycles. The van der Waals surface area contributed by atoms with Crippen molar-refractivity contribution >= 4 is 41.7 Å². The van der Waals surface area contributed by atoms with Crippen molar-refractivity contribution in [1.29, 1.82) is 0 Å². The lowest BCUT2D eigenvalue weighted by molar-refractivity contribution is 0.301. The van der Waals surface area contributed by atoms with Gasteiger partial charge < -0.3 is 15.4 Å². The van der Waals surface area contributed by atoms with Crippen molar-refractivity contribution < 1.29 is 9.13 Å². The zero-order chi connectivity index (χ0) is 21.9. The lowest BCUT2D eigenvalue weighted by atomic mass is 10.1. The van der Waals surface area contributed by atoms with Crippen LogP contribution in [-0.4, -0.2) is 24.2 Å². The molecule has 0 saturated heterocycles. The monoisotopic (exact) mass is 566 g/mol. The molecule has 3 aromatic rings. The number of pyridine rings is 1. The molecule has 2 N–H and O–H groups in total. The number of nitrogens with zero attached hydrogens (tertiary/aromatic N) is 2. The summed E-state index contributed by atoms with van der Waals surface area (Å²) in [5.74, 6) is 2.03. The number of aliphatic imine (C=N–C) groups is 1. The van der Waals surface area contributed by atoms with E-state index < -0.39 is 0 Å². The number of rotatable bonds is 9. The summed E-state index contributed by atoms with van der Waals surface area (Å²) in [6.45, 7) is 1.60. The summed E-state index contributed by atoms with van der Waals surface area (Å²) >= 11 is 1.67. The molecule has 0 bridgehead atoms. The van der Waals surface area contributed by atoms with Crippen LogP contribution in [0.25, 0.3) is 0 Å². The van der Waals surface area contributed by atoms with Crippen LogP contribution < -0.4 is 15.4 Å². The summed E-state index contributed by atoms with van der Waals surface area (Å²) < 4.78 is 19.4. The number of thioether (sulfide) groups is 1. The molecule has 1 heterocycles. The number of guanidine groups is 1. The van der Waals surface area contributed by atoms with Crippen LogP contribution in [0.15, 0.2) is 71.9 Å². The Hall–Kier alpha value is -2.33. The Balaban J connectivity index is 0.00000363. The first kappa shape index (κ1) is 25.9. The average molecular weight is 566 g/mol. The third kappa shape index (κ3) is 8.31. The highest BCUT2D eigenvalue weighted by Crippen LogP contribution is 2.17. The SMILES string of the molecule is CN=C(NCc1cccc(OCc2ccccn2)c1)NCc1ccc(F)cc1CSC.I. The minimum atomic E-state index is -0.208. The molecule has 0 aliphatic heterocycles. The van der Waals surface area contributed by atoms with E-state index in [4.69, 9.17) is 4.74 Å². The average Bonchev–Trinajstić information content (AvgIpc) is 2.80. The van der Waals surface area contributed by atoms with Gasteiger partial charge in [-0.05, 0) is 59.3 Å². The molecule has 0 unspecified atom stereocenters. The maximum atomic E-state index is 13.5. The first-order valence-corrected chi connectivity index (χ1v) is 11.4. The van der Waals surface area contributed by atoms with E-state index in [1.165, 1.54) is 6.07 Å². The van der Waals surface area contributed by atoms with Crippen molar-refractivity contribution in [3.63, 3.8) is 0 Å². The van der Waals surface area contributed by atoms with Gasteiger partial charge in [-0.25, -0.2) is 4.39 Å². The highest BCUT2D eigenvalue weighted by Gasteiger charge is 2.06. The largest absolute Gasteiger partial charge is 0.487 e. The third-order valence-electron chi connectivity index (χ3n) is 4.61. The Kier molecular flexibility index (Phi) is 11.3. The van der Waals surface area contributed by atoms with Crippen molar-refractivity contribution in [2.75, 3.05) is 13.3 Å². The number of benzene rings is 2. The predicted molar refractivity (Wildman–Crippen MR) is 141 cm³/mol. The summed E-state index contributed by atoms with van der Waals surface area (Å²) in [6.07, 6.45) is 3.77. The lowest BCUT2D eigenvalue weighted by Gasteiger charge is -2.15. The van der Waals surface area contributed by atoms with Crippen LogP contribution in [-0.2, 0) is 25.4 Å². The number of nitrogens with one attached hydrogen (secondary N) is 2. The fraction of sp³-hybridized carbons (Fsp3) is 0.250. The van der Waals surface area contributed by atoms with Crippen LogP contribution in [0.3, 0.4) is 0 Å². The maximum absolute atomic E-state index is 13.5. The zero-order valence-electron chi connectivity index (χ0n) is 18.2. The quantitative estimate of drug-likeness (QED) is 0.213. The highest BCUT2D eigenvalue weighted by atomic mass is 127. The smallest absolute Gasteiger partial charge is 0.191 e. The van der Waals surface area contributed by atoms with Gasteiger partial charge in [0.1, 0.15) is 18.2 Å². The van der Waals surface area contributed by atoms with Crippen molar-refractivity contribution in [2.24, 2.45) is 4.99 Å². The number of ether oxygens (including phenoxy) is 1. The van der Waals surface area contributed by atoms with E-state index in [9.17, 15) is 4.39 Å². The molecule has 0 aliphatic rings. The van der Waals surface area contributed by atoms with Gasteiger partial charge in [-0.2, -0.15) is 11.8 Å². The van der Waals surface area contributed by atoms with Gasteiger partial charge in [0.15, 0.2) is 5.96 Å². The second-order valence-corrected chi connectivity index (χ2v) is 7.75. The molecule has 170 valence electrons. The van der Waals surface area contributed by atoms with Crippen molar-refractivity contribution in [3.8, 4) is 5.75 Å². The van der Waals surface area contributed by atoms with Crippen LogP contribution in [0.5, 0.6) is 5.75 Å². The van der Waals surface area contributed by atoms with Crippen molar-refractivity contribution in [3.05, 3.63) is 95.1 Å². The molecule has 1 aromatic heterocycles. The third-order valence-corrected chi connectivity index (χ3v) is 5.21. The first-order chi connectivity index (χ1) is 15.2. The van der Waals surface area contributed by atoms with Gasteiger partial charge in [-0.15, -0.1) is 24.0 Å². The molecule has 32 heavy (non-hydrogen) atoms. The highest BCUT2D eigenvalue weighted by molar-refractivity contribution is 14.0. The van der Waals surface area contributed by atoms with E-state index in [1.54, 1.807) is 31.1 Å². The van der Waals surface area contributed by atoms with E-state index in [0.29, 0.717) is 25.7 Å². The Morgan fingerprint density at radius 2 is 1.88 bits per heavy atom. The number of hydrogen-bond acceptors (Lipinski definition) is 4. The molecule has 8 heteroatoms. The molecular formula is C24H28FIN4OS. The zero-order valence-corrected chi connectivity index (χ0v) is 21.3. The van der Waals surface area contributed by atoms with Gasteiger partial charge in [0, 0.05) is 32.1 Å². The van der Waals surface area contributed by atoms with Gasteiger partial charge in [0.05, 0.1) is 5.69 Å². The van der Waals surface area contributed by atoms with E-state index >= 15 is 0 Å². The minimum Gasteiger partial charge on any atom is -0.487 e. The van der Waals surface area contributed by atoms with Crippen molar-refractivity contribution in [2.45, 2.75) is 25.4 Å². The van der Waals surface area contributed by atoms with Gasteiger partial charge in [0.25, 0.3) is 0 Å². The van der Waals surface area contributed by atoms with Crippen LogP contribution >= 0.6 is 35.7 Å². The Labute approximate surface area is 210 Å². The number of aromatic nitrogens is 1. The Bertz CT molecular complexity index is 1000. The van der Waals surface area contributed by atoms with Gasteiger partial charge >= 0.3 is 0 Å². The summed E-state index contributed by atoms with van der Waals surface area (Å²) in [4.78, 5) is 8.56. The normalized spacial score (nSPS) is 10.9. The van der Waals surface area contributed by atoms with Crippen LogP contribution in [0.4, 0.5) is 4.39 Å². The first-order valence-electron chi connectivity index (χ1n) is 10.0. The Morgan fingerprint density at radius 3 is 2.62 bits per heavy atom. The minimum absolute atomic E-state index is 0. The molecule has 0 atom stereocenters. The lowest BCUT2D eigenvalue weighted by Crippen LogP contribution is -2.36. The van der Waals surface area contributed by atoms with Gasteiger partial charge in [0.2, 0.25) is 0 Å². The summed E-state index contributed by atoms with van der Waals surface area (Å²) in [5.41, 5.74) is 4.01. The predicted octanol–water partition coefficient (Wildman–Crippen LogP) is 5.15. The van der Waals surface area contributed by atoms with E-state index in [1.807, 2.05) is 54.8 Å². The van der Waals surface area contributed by atoms with E-state index in [2.05, 4.69) is 20.6 Å². The maximum Gasteiger partial charge on any atom is 0.191 e.